The van der Waals surface area contributed by atoms with Crippen molar-refractivity contribution >= 4 is 16.2 Å². The molecule has 7 heteroatoms. The third kappa shape index (κ3) is 11.0. The number of carbonyl (C=O) groups is 1. The van der Waals surface area contributed by atoms with E-state index in [1.165, 1.54) is 4.72 Å². The molecule has 0 atom stereocenters. The predicted molar refractivity (Wildman–Crippen MR) is 35.7 cm³/mol. The molecule has 0 radical (unpaired) electrons. The van der Waals surface area contributed by atoms with Crippen molar-refractivity contribution in [3.8, 4) is 0 Å². The van der Waals surface area contributed by atoms with Gasteiger partial charge in [0.25, 0.3) is 0 Å². The molecule has 0 heterocycles. The quantitative estimate of drug-likeness (QED) is 0.377. The number of carbonyl (C=O) groups excluding carboxylic acids is 1. The average molecular weight is 207 g/mol. The van der Waals surface area contributed by atoms with Crippen LogP contribution in [0, 0.1) is 0 Å². The topological polar surface area (TPSA) is 83.5 Å². The number of nitrogens with one attached hydrogen (secondary N) is 1. The van der Waals surface area contributed by atoms with Crippen molar-refractivity contribution in [1.29, 1.82) is 0 Å². The van der Waals surface area contributed by atoms with Crippen LogP contribution in [0.15, 0.2) is 0 Å². The normalized spacial score (nSPS) is 10.0. The van der Waals surface area contributed by atoms with Gasteiger partial charge in [-0.25, -0.2) is 4.72 Å². The van der Waals surface area contributed by atoms with Gasteiger partial charge in [0.15, 0.2) is 0 Å². The predicted octanol–water partition coefficient (Wildman–Crippen LogP) is -3.18. The Morgan fingerprint density at radius 1 is 1.64 bits per heavy atom. The molecule has 0 aliphatic heterocycles. The summed E-state index contributed by atoms with van der Waals surface area (Å²) in [6.45, 7) is 1.73. The van der Waals surface area contributed by atoms with Crippen molar-refractivity contribution in [1.82, 2.24) is 4.72 Å². The average Bonchev–Trinajstić information content (AvgIpc) is 1.59. The van der Waals surface area contributed by atoms with Crippen LogP contribution >= 0.6 is 0 Å². The van der Waals surface area contributed by atoms with E-state index in [1.807, 2.05) is 0 Å². The molecule has 11 heavy (non-hydrogen) atoms. The fourth-order valence-corrected chi connectivity index (χ4v) is 0.812. The first kappa shape index (κ1) is 14.5. The Morgan fingerprint density at radius 2 is 2.09 bits per heavy atom. The SMILES string of the molecule is CCCC(=O)NS(=O)(=O)O.[H-].[K+]. The zero-order valence-corrected chi connectivity index (χ0v) is 10.4. The molecule has 0 aromatic rings. The van der Waals surface area contributed by atoms with E-state index < -0.39 is 16.2 Å². The molecule has 5 nitrogen and oxygen atoms in total. The molecular weight excluding hydrogens is 197 g/mol. The zero-order chi connectivity index (χ0) is 8.20. The van der Waals surface area contributed by atoms with Crippen molar-refractivity contribution in [2.75, 3.05) is 0 Å². The molecule has 0 bridgehead atoms. The first-order chi connectivity index (χ1) is 4.45. The molecule has 0 aliphatic rings. The van der Waals surface area contributed by atoms with Crippen molar-refractivity contribution in [3.63, 3.8) is 0 Å². The Balaban J connectivity index is -0.000000405. The molecule has 0 saturated heterocycles. The minimum atomic E-state index is -4.35. The summed E-state index contributed by atoms with van der Waals surface area (Å²) in [5.74, 6) is -0.690. The van der Waals surface area contributed by atoms with Gasteiger partial charge >= 0.3 is 61.7 Å². The van der Waals surface area contributed by atoms with E-state index in [2.05, 4.69) is 0 Å². The van der Waals surface area contributed by atoms with Crippen molar-refractivity contribution in [2.45, 2.75) is 19.8 Å². The van der Waals surface area contributed by atoms with E-state index in [0.29, 0.717) is 6.42 Å². The fraction of sp³-hybridized carbons (Fsp3) is 0.750. The van der Waals surface area contributed by atoms with Crippen LogP contribution < -0.4 is 56.1 Å². The van der Waals surface area contributed by atoms with Crippen LogP contribution in [-0.2, 0) is 15.1 Å². The van der Waals surface area contributed by atoms with Gasteiger partial charge in [-0.2, -0.15) is 8.42 Å². The van der Waals surface area contributed by atoms with Gasteiger partial charge in [0.1, 0.15) is 0 Å². The summed E-state index contributed by atoms with van der Waals surface area (Å²) in [7, 11) is -4.35. The molecule has 0 aromatic heterocycles. The zero-order valence-electron chi connectivity index (χ0n) is 7.49. The molecule has 62 valence electrons. The van der Waals surface area contributed by atoms with Gasteiger partial charge in [0, 0.05) is 6.42 Å². The third-order valence-electron chi connectivity index (χ3n) is 0.720. The number of rotatable bonds is 3. The Bertz CT molecular complexity index is 217. The van der Waals surface area contributed by atoms with Crippen LogP contribution in [0.5, 0.6) is 0 Å². The van der Waals surface area contributed by atoms with Gasteiger partial charge in [0.2, 0.25) is 5.91 Å². The summed E-state index contributed by atoms with van der Waals surface area (Å²) in [6, 6.07) is 0. The second kappa shape index (κ2) is 6.52. The van der Waals surface area contributed by atoms with Crippen LogP contribution in [0.4, 0.5) is 0 Å². The molecule has 0 saturated carbocycles. The van der Waals surface area contributed by atoms with Crippen LogP contribution in [-0.4, -0.2) is 18.9 Å². The molecule has 2 N–H and O–H groups in total. The molecular formula is C4H10KNO4S. The Hall–Kier alpha value is 1.02. The third-order valence-corrected chi connectivity index (χ3v) is 1.21. The van der Waals surface area contributed by atoms with Crippen LogP contribution in [0.1, 0.15) is 21.2 Å². The van der Waals surface area contributed by atoms with Gasteiger partial charge in [-0.05, 0) is 6.42 Å². The monoisotopic (exact) mass is 207 g/mol. The van der Waals surface area contributed by atoms with Crippen molar-refractivity contribution in [3.05, 3.63) is 0 Å². The maximum Gasteiger partial charge on any atom is 1.00 e. The van der Waals surface area contributed by atoms with E-state index in [0.717, 1.165) is 0 Å². The molecule has 0 aromatic carbocycles. The smallest absolute Gasteiger partial charge is 1.00 e. The number of amides is 1. The van der Waals surface area contributed by atoms with E-state index in [-0.39, 0.29) is 59.2 Å². The maximum atomic E-state index is 10.4. The maximum absolute atomic E-state index is 10.4. The first-order valence-electron chi connectivity index (χ1n) is 2.73. The second-order valence-electron chi connectivity index (χ2n) is 1.75. The molecule has 0 fully saturated rings. The Morgan fingerprint density at radius 3 is 2.36 bits per heavy atom. The molecule has 0 spiro atoms. The Labute approximate surface area is 110 Å². The van der Waals surface area contributed by atoms with Gasteiger partial charge in [-0.15, -0.1) is 0 Å². The fourth-order valence-electron chi connectivity index (χ4n) is 0.422. The van der Waals surface area contributed by atoms with Crippen molar-refractivity contribution in [2.24, 2.45) is 0 Å². The second-order valence-corrected chi connectivity index (χ2v) is 2.90. The molecule has 0 aliphatic carbocycles. The van der Waals surface area contributed by atoms with Crippen molar-refractivity contribution < 1.29 is 70.6 Å². The number of hydrogen-bond acceptors (Lipinski definition) is 3. The van der Waals surface area contributed by atoms with E-state index in [1.54, 1.807) is 6.92 Å². The number of hydrogen-bond donors (Lipinski definition) is 2. The largest absolute Gasteiger partial charge is 1.00 e. The first-order valence-corrected chi connectivity index (χ1v) is 4.17. The summed E-state index contributed by atoms with van der Waals surface area (Å²) in [6.07, 6.45) is 0.640. The van der Waals surface area contributed by atoms with Gasteiger partial charge in [-0.1, -0.05) is 6.92 Å². The minimum Gasteiger partial charge on any atom is -1.00 e. The summed E-state index contributed by atoms with van der Waals surface area (Å²) in [5, 5.41) is 0. The summed E-state index contributed by atoms with van der Waals surface area (Å²) < 4.78 is 29.3. The van der Waals surface area contributed by atoms with Crippen LogP contribution in [0.2, 0.25) is 0 Å². The Kier molecular flexibility index (Phi) is 8.62. The summed E-state index contributed by atoms with van der Waals surface area (Å²) >= 11 is 0. The molecule has 0 rings (SSSR count). The van der Waals surface area contributed by atoms with E-state index >= 15 is 0 Å². The van der Waals surface area contributed by atoms with E-state index in [9.17, 15) is 13.2 Å². The van der Waals surface area contributed by atoms with Gasteiger partial charge in [0.05, 0.1) is 0 Å². The minimum absolute atomic E-state index is 0. The molecule has 1 amide bonds. The standard InChI is InChI=1S/C4H9NO4S.K.H/c1-2-3-4(6)5-10(7,8)9;;/h2-3H2,1H3,(H,5,6)(H,7,8,9);;/q;+1;-1. The van der Waals surface area contributed by atoms with Crippen LogP contribution in [0.3, 0.4) is 0 Å². The summed E-state index contributed by atoms with van der Waals surface area (Å²) in [4.78, 5) is 10.4. The summed E-state index contributed by atoms with van der Waals surface area (Å²) in [5.41, 5.74) is 0. The van der Waals surface area contributed by atoms with Gasteiger partial charge in [-0.3, -0.25) is 9.35 Å². The van der Waals surface area contributed by atoms with E-state index in [4.69, 9.17) is 4.55 Å². The van der Waals surface area contributed by atoms with Gasteiger partial charge < -0.3 is 1.43 Å². The molecule has 0 unspecified atom stereocenters. The van der Waals surface area contributed by atoms with Crippen LogP contribution in [0.25, 0.3) is 0 Å².